The van der Waals surface area contributed by atoms with Gasteiger partial charge in [-0.3, -0.25) is 9.48 Å². The Bertz CT molecular complexity index is 1160. The van der Waals surface area contributed by atoms with Crippen molar-refractivity contribution in [3.8, 4) is 0 Å². The molecule has 0 unspecified atom stereocenters. The van der Waals surface area contributed by atoms with Gasteiger partial charge in [-0.05, 0) is 31.0 Å². The van der Waals surface area contributed by atoms with Crippen LogP contribution in [-0.2, 0) is 17.9 Å². The normalized spacial score (nSPS) is 15.7. The van der Waals surface area contributed by atoms with E-state index in [4.69, 9.17) is 0 Å². The van der Waals surface area contributed by atoms with Crippen LogP contribution in [0.1, 0.15) is 31.4 Å². The number of likely N-dealkylation sites (N-methyl/N-ethyl adjacent to an activating group) is 2. The molecule has 0 bridgehead atoms. The fourth-order valence-corrected chi connectivity index (χ4v) is 4.09. The zero-order valence-corrected chi connectivity index (χ0v) is 18.6. The summed E-state index contributed by atoms with van der Waals surface area (Å²) in [5, 5.41) is 7.45. The Balaban J connectivity index is 1.46. The number of amides is 1. The van der Waals surface area contributed by atoms with E-state index in [1.807, 2.05) is 31.9 Å². The molecule has 4 rings (SSSR count). The summed E-state index contributed by atoms with van der Waals surface area (Å²) in [6.45, 7) is 5.04. The van der Waals surface area contributed by atoms with E-state index in [0.29, 0.717) is 25.3 Å². The summed E-state index contributed by atoms with van der Waals surface area (Å²) in [5.41, 5.74) is 2.82. The van der Waals surface area contributed by atoms with Crippen LogP contribution in [0.5, 0.6) is 0 Å². The number of carbonyl (C=O) groups is 1. The highest BCUT2D eigenvalue weighted by Gasteiger charge is 2.34. The Morgan fingerprint density at radius 2 is 1.76 bits per heavy atom. The van der Waals surface area contributed by atoms with Crippen LogP contribution in [0.4, 0.5) is 30.4 Å². The molecule has 33 heavy (non-hydrogen) atoms. The molecule has 2 aromatic heterocycles. The number of fused-ring (bicyclic) bond motifs is 1. The third-order valence-corrected chi connectivity index (χ3v) is 5.80. The molecule has 1 amide bonds. The summed E-state index contributed by atoms with van der Waals surface area (Å²) >= 11 is 0. The van der Waals surface area contributed by atoms with Crippen molar-refractivity contribution in [1.82, 2.24) is 14.8 Å². The summed E-state index contributed by atoms with van der Waals surface area (Å²) in [7, 11) is 1.91. The molecule has 1 aromatic carbocycles. The van der Waals surface area contributed by atoms with Gasteiger partial charge in [0.25, 0.3) is 0 Å². The lowest BCUT2D eigenvalue weighted by molar-refractivity contribution is -0.120. The smallest absolute Gasteiger partial charge is 0.249 e. The van der Waals surface area contributed by atoms with Crippen LogP contribution < -0.4 is 15.1 Å². The summed E-state index contributed by atoms with van der Waals surface area (Å²) in [4.78, 5) is 20.9. The van der Waals surface area contributed by atoms with Gasteiger partial charge in [0, 0.05) is 38.0 Å². The van der Waals surface area contributed by atoms with Crippen LogP contribution in [0.25, 0.3) is 0 Å². The first kappa shape index (κ1) is 22.6. The van der Waals surface area contributed by atoms with E-state index in [9.17, 15) is 18.0 Å². The van der Waals surface area contributed by atoms with Gasteiger partial charge in [0.1, 0.15) is 11.9 Å². The number of anilines is 3. The number of aromatic nitrogens is 3. The lowest BCUT2D eigenvalue weighted by atomic mass is 10.1. The molecule has 0 saturated heterocycles. The van der Waals surface area contributed by atoms with Gasteiger partial charge in [-0.2, -0.15) is 5.10 Å². The standard InChI is InChI=1S/C23H25F3N6O/c1-4-18-23(33)32(5-2)20-11-28-21(8-19(20)30(18)3)27-9-15-10-29-31(13-15)12-14-6-16(24)22(26)17(25)7-14/h6-8,10-11,13,18H,4-5,9,12H2,1-3H3,(H,27,28)/t18-/m0/s1. The van der Waals surface area contributed by atoms with Crippen molar-refractivity contribution in [2.24, 2.45) is 0 Å². The zero-order chi connectivity index (χ0) is 23.7. The maximum atomic E-state index is 13.4. The Morgan fingerprint density at radius 3 is 2.42 bits per heavy atom. The first-order valence-electron chi connectivity index (χ1n) is 10.7. The molecular formula is C23H25F3N6O. The number of rotatable bonds is 7. The third-order valence-electron chi connectivity index (χ3n) is 5.80. The molecule has 1 N–H and O–H groups in total. The van der Waals surface area contributed by atoms with Gasteiger partial charge in [0.2, 0.25) is 5.91 Å². The minimum Gasteiger partial charge on any atom is -0.366 e. The fourth-order valence-electron chi connectivity index (χ4n) is 4.09. The van der Waals surface area contributed by atoms with Crippen molar-refractivity contribution in [2.75, 3.05) is 28.7 Å². The monoisotopic (exact) mass is 458 g/mol. The van der Waals surface area contributed by atoms with Crippen molar-refractivity contribution in [2.45, 2.75) is 39.4 Å². The average Bonchev–Trinajstić information content (AvgIpc) is 3.24. The molecule has 1 aliphatic rings. The zero-order valence-electron chi connectivity index (χ0n) is 18.6. The predicted molar refractivity (Wildman–Crippen MR) is 120 cm³/mol. The second-order valence-corrected chi connectivity index (χ2v) is 7.95. The molecule has 0 spiro atoms. The van der Waals surface area contributed by atoms with Crippen molar-refractivity contribution >= 4 is 23.1 Å². The summed E-state index contributed by atoms with van der Waals surface area (Å²) in [5.74, 6) is -3.21. The average molecular weight is 458 g/mol. The minimum absolute atomic E-state index is 0.0749. The van der Waals surface area contributed by atoms with Gasteiger partial charge in [-0.25, -0.2) is 18.2 Å². The lowest BCUT2D eigenvalue weighted by Crippen LogP contribution is -2.51. The van der Waals surface area contributed by atoms with Gasteiger partial charge in [-0.1, -0.05) is 6.92 Å². The van der Waals surface area contributed by atoms with Crippen LogP contribution >= 0.6 is 0 Å². The molecule has 0 saturated carbocycles. The maximum Gasteiger partial charge on any atom is 0.249 e. The second kappa shape index (κ2) is 9.13. The molecule has 174 valence electrons. The third kappa shape index (κ3) is 4.37. The van der Waals surface area contributed by atoms with Crippen molar-refractivity contribution < 1.29 is 18.0 Å². The SMILES string of the molecule is CC[C@H]1C(=O)N(CC)c2cnc(NCc3cnn(Cc4cc(F)c(F)c(F)c4)c3)cc2N1C. The van der Waals surface area contributed by atoms with E-state index < -0.39 is 17.5 Å². The molecule has 1 atom stereocenters. The number of hydrogen-bond donors (Lipinski definition) is 1. The van der Waals surface area contributed by atoms with Gasteiger partial charge in [0.05, 0.1) is 30.3 Å². The number of pyridine rings is 1. The van der Waals surface area contributed by atoms with Crippen molar-refractivity contribution in [1.29, 1.82) is 0 Å². The quantitative estimate of drug-likeness (QED) is 0.544. The molecular weight excluding hydrogens is 433 g/mol. The summed E-state index contributed by atoms with van der Waals surface area (Å²) < 4.78 is 41.5. The van der Waals surface area contributed by atoms with Gasteiger partial charge in [-0.15, -0.1) is 0 Å². The number of nitrogens with one attached hydrogen (secondary N) is 1. The largest absolute Gasteiger partial charge is 0.366 e. The molecule has 0 aliphatic carbocycles. The van der Waals surface area contributed by atoms with Crippen molar-refractivity contribution in [3.63, 3.8) is 0 Å². The van der Waals surface area contributed by atoms with E-state index in [-0.39, 0.29) is 24.1 Å². The van der Waals surface area contributed by atoms with Crippen LogP contribution in [0.15, 0.2) is 36.8 Å². The maximum absolute atomic E-state index is 13.4. The molecule has 3 heterocycles. The highest BCUT2D eigenvalue weighted by molar-refractivity contribution is 6.05. The number of nitrogens with zero attached hydrogens (tertiary/aromatic N) is 5. The number of halogens is 3. The molecule has 0 radical (unpaired) electrons. The fraction of sp³-hybridized carbons (Fsp3) is 0.348. The number of carbonyl (C=O) groups excluding carboxylic acids is 1. The van der Waals surface area contributed by atoms with Crippen LogP contribution in [0.2, 0.25) is 0 Å². The van der Waals surface area contributed by atoms with Crippen molar-refractivity contribution in [3.05, 3.63) is 65.4 Å². The molecule has 3 aromatic rings. The Kier molecular flexibility index (Phi) is 6.26. The van der Waals surface area contributed by atoms with E-state index in [1.165, 1.54) is 4.68 Å². The summed E-state index contributed by atoms with van der Waals surface area (Å²) in [6.07, 6.45) is 5.78. The predicted octanol–water partition coefficient (Wildman–Crippen LogP) is 3.94. The molecule has 1 aliphatic heterocycles. The highest BCUT2D eigenvalue weighted by atomic mass is 19.2. The van der Waals surface area contributed by atoms with Crippen LogP contribution in [0.3, 0.4) is 0 Å². The second-order valence-electron chi connectivity index (χ2n) is 7.95. The Labute approximate surface area is 189 Å². The van der Waals surface area contributed by atoms with Gasteiger partial charge in [0.15, 0.2) is 17.5 Å². The minimum atomic E-state index is -1.48. The Morgan fingerprint density at radius 1 is 1.03 bits per heavy atom. The van der Waals surface area contributed by atoms with Crippen LogP contribution in [-0.4, -0.2) is 40.3 Å². The molecule has 0 fully saturated rings. The van der Waals surface area contributed by atoms with Gasteiger partial charge < -0.3 is 15.1 Å². The number of hydrogen-bond acceptors (Lipinski definition) is 5. The first-order valence-corrected chi connectivity index (χ1v) is 10.7. The Hall–Kier alpha value is -3.56. The topological polar surface area (TPSA) is 66.3 Å². The van der Waals surface area contributed by atoms with Crippen LogP contribution in [0, 0.1) is 17.5 Å². The van der Waals surface area contributed by atoms with E-state index in [2.05, 4.69) is 15.4 Å². The summed E-state index contributed by atoms with van der Waals surface area (Å²) in [6, 6.07) is 3.62. The highest BCUT2D eigenvalue weighted by Crippen LogP contribution is 2.36. The number of benzene rings is 1. The van der Waals surface area contributed by atoms with E-state index >= 15 is 0 Å². The van der Waals surface area contributed by atoms with E-state index in [0.717, 1.165) is 29.1 Å². The first-order chi connectivity index (χ1) is 15.8. The van der Waals surface area contributed by atoms with Gasteiger partial charge >= 0.3 is 0 Å². The van der Waals surface area contributed by atoms with E-state index in [1.54, 1.807) is 23.5 Å². The molecule has 10 heteroatoms. The molecule has 7 nitrogen and oxygen atoms in total. The lowest BCUT2D eigenvalue weighted by Gasteiger charge is -2.40.